The molecule has 0 radical (unpaired) electrons. The summed E-state index contributed by atoms with van der Waals surface area (Å²) in [5.41, 5.74) is 0.418. The lowest BCUT2D eigenvalue weighted by atomic mass is 10.1. The molecular formula is C21H13N5O9. The van der Waals surface area contributed by atoms with E-state index >= 15 is 0 Å². The number of rotatable bonds is 8. The van der Waals surface area contributed by atoms with Gasteiger partial charge in [-0.25, -0.2) is 4.79 Å². The van der Waals surface area contributed by atoms with Crippen LogP contribution in [0.5, 0.6) is 0 Å². The van der Waals surface area contributed by atoms with Gasteiger partial charge < -0.3 is 18.9 Å². The minimum atomic E-state index is -0.818. The molecule has 35 heavy (non-hydrogen) atoms. The number of non-ortho nitro benzene ring substituents is 1. The molecule has 4 aromatic rings. The largest absolute Gasteiger partial charge is 0.452 e. The zero-order valence-corrected chi connectivity index (χ0v) is 17.4. The molecule has 0 saturated carbocycles. The first kappa shape index (κ1) is 22.8. The highest BCUT2D eigenvalue weighted by Gasteiger charge is 2.21. The molecule has 0 fully saturated rings. The van der Waals surface area contributed by atoms with E-state index in [9.17, 15) is 29.8 Å². The van der Waals surface area contributed by atoms with Crippen LogP contribution >= 0.6 is 0 Å². The van der Waals surface area contributed by atoms with E-state index in [4.69, 9.17) is 13.6 Å². The lowest BCUT2D eigenvalue weighted by Gasteiger charge is -2.09. The average molecular weight is 479 g/mol. The van der Waals surface area contributed by atoms with Crippen molar-refractivity contribution in [3.63, 3.8) is 0 Å². The van der Waals surface area contributed by atoms with Crippen molar-refractivity contribution in [2.75, 3.05) is 5.32 Å². The first-order valence-electron chi connectivity index (χ1n) is 9.71. The van der Waals surface area contributed by atoms with Crippen molar-refractivity contribution in [3.8, 4) is 11.5 Å². The van der Waals surface area contributed by atoms with Crippen molar-refractivity contribution in [1.82, 2.24) is 10.2 Å². The number of amides is 1. The van der Waals surface area contributed by atoms with Crippen LogP contribution in [0.1, 0.15) is 26.8 Å². The SMILES string of the molecule is O=C(Nc1ccccc1C(=O)OCc1nnc(-c2ccc([N+](=O)[O-])cc2)o1)c1ccc([N+](=O)[O-])o1. The number of esters is 1. The van der Waals surface area contributed by atoms with Crippen molar-refractivity contribution in [2.45, 2.75) is 6.61 Å². The fourth-order valence-electron chi connectivity index (χ4n) is 2.86. The molecule has 176 valence electrons. The Kier molecular flexibility index (Phi) is 6.26. The smallest absolute Gasteiger partial charge is 0.433 e. The maximum Gasteiger partial charge on any atom is 0.433 e. The van der Waals surface area contributed by atoms with Gasteiger partial charge in [-0.1, -0.05) is 12.1 Å². The van der Waals surface area contributed by atoms with Crippen molar-refractivity contribution >= 4 is 29.1 Å². The van der Waals surface area contributed by atoms with E-state index in [-0.39, 0.29) is 41.1 Å². The molecule has 14 heteroatoms. The summed E-state index contributed by atoms with van der Waals surface area (Å²) in [6, 6.07) is 13.6. The van der Waals surface area contributed by atoms with Crippen molar-refractivity contribution in [2.24, 2.45) is 0 Å². The Morgan fingerprint density at radius 3 is 2.34 bits per heavy atom. The Morgan fingerprint density at radius 1 is 0.914 bits per heavy atom. The Morgan fingerprint density at radius 2 is 1.66 bits per heavy atom. The maximum absolute atomic E-state index is 12.6. The van der Waals surface area contributed by atoms with Gasteiger partial charge in [-0.2, -0.15) is 0 Å². The van der Waals surface area contributed by atoms with E-state index in [1.807, 2.05) is 0 Å². The van der Waals surface area contributed by atoms with E-state index in [1.165, 1.54) is 36.4 Å². The second kappa shape index (κ2) is 9.62. The number of nitrogens with zero attached hydrogens (tertiary/aromatic N) is 4. The van der Waals surface area contributed by atoms with Crippen molar-refractivity contribution in [1.29, 1.82) is 0 Å². The fourth-order valence-corrected chi connectivity index (χ4v) is 2.86. The lowest BCUT2D eigenvalue weighted by molar-refractivity contribution is -0.402. The van der Waals surface area contributed by atoms with Crippen molar-refractivity contribution < 1.29 is 33.0 Å². The molecule has 0 atom stereocenters. The molecule has 0 bridgehead atoms. The molecule has 0 aliphatic carbocycles. The Hall–Kier alpha value is -5.40. The lowest BCUT2D eigenvalue weighted by Crippen LogP contribution is -2.15. The van der Waals surface area contributed by atoms with Crippen LogP contribution in [-0.4, -0.2) is 31.9 Å². The molecule has 0 unspecified atom stereocenters. The molecule has 14 nitrogen and oxygen atoms in total. The number of hydrogen-bond acceptors (Lipinski definition) is 11. The number of benzene rings is 2. The molecule has 4 rings (SSSR count). The Bertz CT molecular complexity index is 1420. The van der Waals surface area contributed by atoms with E-state index in [0.29, 0.717) is 5.56 Å². The summed E-state index contributed by atoms with van der Waals surface area (Å²) in [6.45, 7) is -0.383. The number of nitro benzene ring substituents is 1. The predicted octanol–water partition coefficient (Wildman–Crippen LogP) is 3.76. The number of ether oxygens (including phenoxy) is 1. The van der Waals surface area contributed by atoms with Crippen LogP contribution in [0.2, 0.25) is 0 Å². The fraction of sp³-hybridized carbons (Fsp3) is 0.0476. The number of aromatic nitrogens is 2. The number of carbonyl (C=O) groups is 2. The highest BCUT2D eigenvalue weighted by molar-refractivity contribution is 6.06. The molecule has 1 N–H and O–H groups in total. The molecule has 2 aromatic carbocycles. The van der Waals surface area contributed by atoms with Gasteiger partial charge in [0.2, 0.25) is 5.89 Å². The number of carbonyl (C=O) groups excluding carboxylic acids is 2. The third kappa shape index (κ3) is 5.16. The molecule has 0 spiro atoms. The second-order valence-electron chi connectivity index (χ2n) is 6.78. The van der Waals surface area contributed by atoms with Crippen LogP contribution in [0.3, 0.4) is 0 Å². The summed E-state index contributed by atoms with van der Waals surface area (Å²) >= 11 is 0. The van der Waals surface area contributed by atoms with Gasteiger partial charge in [0.15, 0.2) is 12.4 Å². The summed E-state index contributed by atoms with van der Waals surface area (Å²) in [5, 5.41) is 31.5. The van der Waals surface area contributed by atoms with Crippen LogP contribution in [0.15, 0.2) is 69.5 Å². The van der Waals surface area contributed by atoms with E-state index in [2.05, 4.69) is 15.5 Å². The minimum absolute atomic E-state index is 0.00277. The van der Waals surface area contributed by atoms with E-state index < -0.39 is 27.6 Å². The number of anilines is 1. The number of para-hydroxylation sites is 1. The van der Waals surface area contributed by atoms with Gasteiger partial charge in [0.1, 0.15) is 4.92 Å². The third-order valence-corrected chi connectivity index (χ3v) is 4.51. The minimum Gasteiger partial charge on any atom is -0.452 e. The quantitative estimate of drug-likeness (QED) is 0.219. The zero-order chi connectivity index (χ0) is 24.9. The van der Waals surface area contributed by atoms with Gasteiger partial charge in [0.05, 0.1) is 22.2 Å². The van der Waals surface area contributed by atoms with Gasteiger partial charge in [-0.15, -0.1) is 10.2 Å². The Balaban J connectivity index is 1.41. The van der Waals surface area contributed by atoms with Gasteiger partial charge in [0, 0.05) is 17.7 Å². The number of nitro groups is 2. The van der Waals surface area contributed by atoms with Gasteiger partial charge >= 0.3 is 11.9 Å². The summed E-state index contributed by atoms with van der Waals surface area (Å²) in [6.07, 6.45) is 0. The first-order chi connectivity index (χ1) is 16.8. The van der Waals surface area contributed by atoms with Crippen LogP contribution < -0.4 is 5.32 Å². The zero-order valence-electron chi connectivity index (χ0n) is 17.4. The van der Waals surface area contributed by atoms with Crippen LogP contribution in [0.25, 0.3) is 11.5 Å². The topological polar surface area (TPSA) is 194 Å². The first-order valence-corrected chi connectivity index (χ1v) is 9.71. The molecule has 2 heterocycles. The van der Waals surface area contributed by atoms with Crippen LogP contribution in [-0.2, 0) is 11.3 Å². The molecule has 0 aliphatic rings. The normalized spacial score (nSPS) is 10.5. The molecular weight excluding hydrogens is 466 g/mol. The van der Waals surface area contributed by atoms with Gasteiger partial charge in [-0.3, -0.25) is 25.0 Å². The maximum atomic E-state index is 12.6. The summed E-state index contributed by atoms with van der Waals surface area (Å²) < 4.78 is 15.5. The van der Waals surface area contributed by atoms with Crippen LogP contribution in [0, 0.1) is 20.2 Å². The molecule has 2 aromatic heterocycles. The number of hydrogen-bond donors (Lipinski definition) is 1. The predicted molar refractivity (Wildman–Crippen MR) is 115 cm³/mol. The monoisotopic (exact) mass is 479 g/mol. The molecule has 0 aliphatic heterocycles. The van der Waals surface area contributed by atoms with Crippen LogP contribution in [0.4, 0.5) is 17.3 Å². The van der Waals surface area contributed by atoms with Gasteiger partial charge in [0.25, 0.3) is 17.5 Å². The summed E-state index contributed by atoms with van der Waals surface area (Å²) in [5.74, 6) is -2.49. The third-order valence-electron chi connectivity index (χ3n) is 4.51. The van der Waals surface area contributed by atoms with E-state index in [1.54, 1.807) is 12.1 Å². The molecule has 0 saturated heterocycles. The highest BCUT2D eigenvalue weighted by Crippen LogP contribution is 2.23. The summed E-state index contributed by atoms with van der Waals surface area (Å²) in [7, 11) is 0. The molecule has 1 amide bonds. The second-order valence-corrected chi connectivity index (χ2v) is 6.78. The number of furan rings is 1. The highest BCUT2D eigenvalue weighted by atomic mass is 16.6. The Labute approximate surface area is 194 Å². The van der Waals surface area contributed by atoms with E-state index in [0.717, 1.165) is 12.1 Å². The standard InChI is InChI=1S/C21H13N5O9/c27-19(16-9-10-18(34-16)26(31)32)22-15-4-2-1-3-14(15)21(28)33-11-17-23-24-20(35-17)12-5-7-13(8-6-12)25(29)30/h1-10H,11H2,(H,22,27). The number of nitrogens with one attached hydrogen (secondary N) is 1. The van der Waals surface area contributed by atoms with Crippen molar-refractivity contribution in [3.05, 3.63) is 98.1 Å². The van der Waals surface area contributed by atoms with Gasteiger partial charge in [-0.05, 0) is 30.3 Å². The average Bonchev–Trinajstić information content (AvgIpc) is 3.53. The summed E-state index contributed by atoms with van der Waals surface area (Å²) in [4.78, 5) is 45.1.